The molecule has 0 atom stereocenters. The van der Waals surface area contributed by atoms with E-state index in [-0.39, 0.29) is 5.69 Å². The van der Waals surface area contributed by atoms with Gasteiger partial charge in [-0.15, -0.1) is 0 Å². The van der Waals surface area contributed by atoms with Crippen molar-refractivity contribution in [2.75, 3.05) is 18.4 Å². The van der Waals surface area contributed by atoms with Gasteiger partial charge in [-0.2, -0.15) is 13.2 Å². The molecule has 1 aliphatic heterocycles. The van der Waals surface area contributed by atoms with Crippen molar-refractivity contribution in [3.8, 4) is 0 Å². The van der Waals surface area contributed by atoms with Crippen molar-refractivity contribution >= 4 is 27.6 Å². The molecule has 27 heavy (non-hydrogen) atoms. The normalized spacial score (nSPS) is 16.9. The first-order valence-electron chi connectivity index (χ1n) is 8.39. The van der Waals surface area contributed by atoms with E-state index in [1.165, 1.54) is 17.0 Å². The van der Waals surface area contributed by atoms with Crippen molar-refractivity contribution < 1.29 is 23.1 Å². The number of carbonyl (C=O) groups is 1. The predicted octanol–water partition coefficient (Wildman–Crippen LogP) is 4.98. The molecule has 2 amide bonds. The van der Waals surface area contributed by atoms with E-state index < -0.39 is 23.4 Å². The van der Waals surface area contributed by atoms with Crippen LogP contribution in [0, 0.1) is 0 Å². The van der Waals surface area contributed by atoms with E-state index in [1.54, 1.807) is 0 Å². The Morgan fingerprint density at radius 3 is 2.33 bits per heavy atom. The fraction of sp³-hybridized carbons (Fsp3) is 0.316. The van der Waals surface area contributed by atoms with Crippen LogP contribution in [0.25, 0.3) is 0 Å². The number of anilines is 1. The lowest BCUT2D eigenvalue weighted by Gasteiger charge is -2.38. The minimum Gasteiger partial charge on any atom is -0.385 e. The average molecular weight is 443 g/mol. The molecule has 0 radical (unpaired) electrons. The minimum atomic E-state index is -4.47. The fourth-order valence-electron chi connectivity index (χ4n) is 3.10. The van der Waals surface area contributed by atoms with Crippen LogP contribution in [0.3, 0.4) is 0 Å². The van der Waals surface area contributed by atoms with Gasteiger partial charge in [-0.05, 0) is 48.7 Å². The zero-order valence-corrected chi connectivity index (χ0v) is 15.8. The lowest BCUT2D eigenvalue weighted by molar-refractivity contribution is -0.137. The lowest BCUT2D eigenvalue weighted by Crippen LogP contribution is -2.46. The van der Waals surface area contributed by atoms with Gasteiger partial charge in [0.05, 0.1) is 11.2 Å². The Labute approximate surface area is 163 Å². The molecule has 2 N–H and O–H groups in total. The summed E-state index contributed by atoms with van der Waals surface area (Å²) in [6.07, 6.45) is -3.76. The third-order valence-electron chi connectivity index (χ3n) is 4.70. The van der Waals surface area contributed by atoms with Crippen molar-refractivity contribution in [3.05, 3.63) is 64.1 Å². The molecule has 0 aromatic heterocycles. The van der Waals surface area contributed by atoms with Gasteiger partial charge in [0.1, 0.15) is 0 Å². The Bertz CT molecular complexity index is 816. The number of piperidine rings is 1. The number of carbonyl (C=O) groups excluding carboxylic acids is 1. The summed E-state index contributed by atoms with van der Waals surface area (Å²) < 4.78 is 39.2. The molecule has 1 fully saturated rings. The highest BCUT2D eigenvalue weighted by Gasteiger charge is 2.35. The average Bonchev–Trinajstić information content (AvgIpc) is 2.62. The third-order valence-corrected chi connectivity index (χ3v) is 5.23. The number of likely N-dealkylation sites (tertiary alicyclic amines) is 1. The maximum Gasteiger partial charge on any atom is 0.416 e. The second kappa shape index (κ2) is 7.52. The Kier molecular flexibility index (Phi) is 5.48. The first kappa shape index (κ1) is 19.7. The number of hydrogen-bond acceptors (Lipinski definition) is 2. The van der Waals surface area contributed by atoms with Gasteiger partial charge in [-0.1, -0.05) is 34.1 Å². The van der Waals surface area contributed by atoms with E-state index in [0.717, 1.165) is 22.2 Å². The van der Waals surface area contributed by atoms with Crippen molar-refractivity contribution in [2.24, 2.45) is 0 Å². The molecule has 0 spiro atoms. The van der Waals surface area contributed by atoms with Gasteiger partial charge in [0, 0.05) is 23.2 Å². The topological polar surface area (TPSA) is 52.6 Å². The summed E-state index contributed by atoms with van der Waals surface area (Å²) in [5, 5.41) is 13.3. The molecule has 3 rings (SSSR count). The highest BCUT2D eigenvalue weighted by Crippen LogP contribution is 2.34. The Hall–Kier alpha value is -2.06. The van der Waals surface area contributed by atoms with Gasteiger partial charge in [0.25, 0.3) is 0 Å². The van der Waals surface area contributed by atoms with Crippen LogP contribution in [0.1, 0.15) is 24.0 Å². The van der Waals surface area contributed by atoms with Crippen molar-refractivity contribution in [1.82, 2.24) is 4.90 Å². The summed E-state index contributed by atoms with van der Waals surface area (Å²) in [6, 6.07) is 11.4. The monoisotopic (exact) mass is 442 g/mol. The van der Waals surface area contributed by atoms with E-state index in [4.69, 9.17) is 0 Å². The molecular formula is C19H18BrF3N2O2. The SMILES string of the molecule is O=C(Nc1cccc(C(F)(F)F)c1)N1CCC(O)(c2ccc(Br)cc2)CC1. The highest BCUT2D eigenvalue weighted by atomic mass is 79.9. The Balaban J connectivity index is 1.63. The van der Waals surface area contributed by atoms with E-state index in [2.05, 4.69) is 21.2 Å². The molecule has 1 heterocycles. The van der Waals surface area contributed by atoms with Gasteiger partial charge in [0.2, 0.25) is 0 Å². The van der Waals surface area contributed by atoms with Gasteiger partial charge in [0.15, 0.2) is 0 Å². The van der Waals surface area contributed by atoms with Crippen LogP contribution < -0.4 is 5.32 Å². The van der Waals surface area contributed by atoms with E-state index >= 15 is 0 Å². The molecule has 0 saturated carbocycles. The number of nitrogens with zero attached hydrogens (tertiary/aromatic N) is 1. The van der Waals surface area contributed by atoms with Crippen LogP contribution in [-0.4, -0.2) is 29.1 Å². The summed E-state index contributed by atoms with van der Waals surface area (Å²) in [5.41, 5.74) is -0.969. The smallest absolute Gasteiger partial charge is 0.385 e. The van der Waals surface area contributed by atoms with Crippen molar-refractivity contribution in [1.29, 1.82) is 0 Å². The minimum absolute atomic E-state index is 0.0866. The van der Waals surface area contributed by atoms with Crippen LogP contribution in [0.2, 0.25) is 0 Å². The fourth-order valence-corrected chi connectivity index (χ4v) is 3.37. The molecule has 4 nitrogen and oxygen atoms in total. The number of aliphatic hydroxyl groups is 1. The maximum absolute atomic E-state index is 12.8. The summed E-state index contributed by atoms with van der Waals surface area (Å²) in [7, 11) is 0. The number of alkyl halides is 3. The second-order valence-electron chi connectivity index (χ2n) is 6.53. The molecule has 8 heteroatoms. The number of amides is 2. The number of urea groups is 1. The maximum atomic E-state index is 12.8. The first-order valence-corrected chi connectivity index (χ1v) is 9.18. The van der Waals surface area contributed by atoms with E-state index in [1.807, 2.05) is 24.3 Å². The van der Waals surface area contributed by atoms with Crippen molar-refractivity contribution in [3.63, 3.8) is 0 Å². The van der Waals surface area contributed by atoms with Crippen LogP contribution in [0.15, 0.2) is 53.0 Å². The number of rotatable bonds is 2. The summed E-state index contributed by atoms with van der Waals surface area (Å²) in [4.78, 5) is 13.9. The highest BCUT2D eigenvalue weighted by molar-refractivity contribution is 9.10. The number of benzene rings is 2. The molecule has 0 bridgehead atoms. The van der Waals surface area contributed by atoms with Crippen LogP contribution in [-0.2, 0) is 11.8 Å². The standard InChI is InChI=1S/C19H18BrF3N2O2/c20-15-6-4-13(5-7-15)18(27)8-10-25(11-9-18)17(26)24-16-3-1-2-14(12-16)19(21,22)23/h1-7,12,27H,8-11H2,(H,24,26). The molecule has 1 saturated heterocycles. The van der Waals surface area contributed by atoms with Gasteiger partial charge in [-0.3, -0.25) is 0 Å². The molecule has 0 unspecified atom stereocenters. The van der Waals surface area contributed by atoms with Gasteiger partial charge in [-0.25, -0.2) is 4.79 Å². The van der Waals surface area contributed by atoms with Gasteiger partial charge >= 0.3 is 12.2 Å². The Morgan fingerprint density at radius 1 is 1.11 bits per heavy atom. The Morgan fingerprint density at radius 2 is 1.74 bits per heavy atom. The lowest BCUT2D eigenvalue weighted by atomic mass is 9.84. The quantitative estimate of drug-likeness (QED) is 0.688. The molecule has 2 aromatic rings. The van der Waals surface area contributed by atoms with Crippen LogP contribution >= 0.6 is 15.9 Å². The first-order chi connectivity index (χ1) is 12.7. The zero-order valence-electron chi connectivity index (χ0n) is 14.3. The van der Waals surface area contributed by atoms with E-state index in [9.17, 15) is 23.1 Å². The van der Waals surface area contributed by atoms with Crippen LogP contribution in [0.4, 0.5) is 23.7 Å². The van der Waals surface area contributed by atoms with Crippen molar-refractivity contribution in [2.45, 2.75) is 24.6 Å². The molecule has 0 aliphatic carbocycles. The molecule has 144 valence electrons. The van der Waals surface area contributed by atoms with Gasteiger partial charge < -0.3 is 15.3 Å². The molecular weight excluding hydrogens is 425 g/mol. The summed E-state index contributed by atoms with van der Waals surface area (Å²) in [6.45, 7) is 0.606. The largest absolute Gasteiger partial charge is 0.416 e. The summed E-state index contributed by atoms with van der Waals surface area (Å²) >= 11 is 3.35. The second-order valence-corrected chi connectivity index (χ2v) is 7.45. The number of halogens is 4. The van der Waals surface area contributed by atoms with E-state index in [0.29, 0.717) is 25.9 Å². The zero-order chi connectivity index (χ0) is 19.7. The van der Waals surface area contributed by atoms with Crippen LogP contribution in [0.5, 0.6) is 0 Å². The molecule has 2 aromatic carbocycles. The third kappa shape index (κ3) is 4.62. The summed E-state index contributed by atoms with van der Waals surface area (Å²) in [5.74, 6) is 0. The number of hydrogen-bond donors (Lipinski definition) is 2. The predicted molar refractivity (Wildman–Crippen MR) is 99.3 cm³/mol. The molecule has 1 aliphatic rings. The number of nitrogens with one attached hydrogen (secondary N) is 1.